The maximum absolute atomic E-state index is 13.9. The Bertz CT molecular complexity index is 2290. The quantitative estimate of drug-likeness (QED) is 0.0456. The first kappa shape index (κ1) is 38.8. The molecule has 0 aliphatic carbocycles. The van der Waals surface area contributed by atoms with E-state index >= 15 is 0 Å². The number of hydrogen-bond donors (Lipinski definition) is 3. The summed E-state index contributed by atoms with van der Waals surface area (Å²) in [5, 5.41) is 2.70. The number of benzene rings is 3. The second-order valence-electron chi connectivity index (χ2n) is 14.4. The van der Waals surface area contributed by atoms with Crippen molar-refractivity contribution in [3.8, 4) is 23.1 Å². The van der Waals surface area contributed by atoms with Crippen molar-refractivity contribution in [3.63, 3.8) is 0 Å². The summed E-state index contributed by atoms with van der Waals surface area (Å²) in [5.41, 5.74) is 5.66. The van der Waals surface area contributed by atoms with Gasteiger partial charge in [0.1, 0.15) is 23.7 Å². The molecule has 294 valence electrons. The third-order valence-electron chi connectivity index (χ3n) is 10.4. The lowest BCUT2D eigenvalue weighted by Crippen LogP contribution is -2.42. The maximum Gasteiger partial charge on any atom is 0.407 e. The minimum absolute atomic E-state index is 0.0210. The molecular formula is C43H46N8O6. The monoisotopic (exact) mass is 770 g/mol. The highest BCUT2D eigenvalue weighted by atomic mass is 17.2. The van der Waals surface area contributed by atoms with Crippen molar-refractivity contribution in [1.29, 1.82) is 0 Å². The molecule has 0 saturated carbocycles. The number of carbonyl (C=O) groups excluding carboxylic acids is 3. The molecule has 2 aromatic heterocycles. The molecule has 2 aliphatic heterocycles. The Kier molecular flexibility index (Phi) is 12.0. The lowest BCUT2D eigenvalue weighted by Gasteiger charge is -2.28. The second kappa shape index (κ2) is 17.6. The number of alkyl carbamates (subject to hydrolysis) is 1. The Hall–Kier alpha value is -6.46. The SMILES string of the molecule is COO/C=N/[C@H](C(=O)N1CCC[C@H]1c1nc2cc(C#Cc3ccc(-c4c[nH]c([C@@H]5CCCN5C(=O)[C@@H](NC(=O)OC)c5ccccc5)n4)cc3)ccc2[nH]1)C(C)C. The molecule has 14 nitrogen and oxygen atoms in total. The minimum atomic E-state index is -0.882. The van der Waals surface area contributed by atoms with Crippen LogP contribution in [0.15, 0.2) is 84.0 Å². The van der Waals surface area contributed by atoms with E-state index in [0.29, 0.717) is 24.5 Å². The summed E-state index contributed by atoms with van der Waals surface area (Å²) in [4.78, 5) is 73.5. The summed E-state index contributed by atoms with van der Waals surface area (Å²) < 4.78 is 4.82. The van der Waals surface area contributed by atoms with Crippen LogP contribution >= 0.6 is 0 Å². The van der Waals surface area contributed by atoms with Crippen LogP contribution in [0.5, 0.6) is 0 Å². The maximum atomic E-state index is 13.9. The third kappa shape index (κ3) is 8.69. The number of carbonyl (C=O) groups is 3. The molecule has 2 fully saturated rings. The molecular weight excluding hydrogens is 725 g/mol. The standard InChI is InChI=1S/C43H46N8O6/c1-27(2)37(45-26-57-56-4)41(52)51-23-9-13-36(51)40-46-32-21-18-29(24-33(32)47-40)15-14-28-16-19-30(20-17-28)34-25-44-39(48-34)35-12-8-22-50(35)42(53)38(49-43(54)55-3)31-10-6-5-7-11-31/h5-7,10-11,16-21,24-27,35-38H,8-9,12-13,22-23H2,1-4H3,(H,44,48)(H,46,47)(H,49,54)/b45-26+/t35-,36-,37-,38-/m0/s1. The summed E-state index contributed by atoms with van der Waals surface area (Å²) in [6.07, 6.45) is 5.60. The van der Waals surface area contributed by atoms with E-state index in [0.717, 1.165) is 64.9 Å². The first-order valence-corrected chi connectivity index (χ1v) is 19.1. The predicted molar refractivity (Wildman–Crippen MR) is 213 cm³/mol. The number of methoxy groups -OCH3 is 1. The van der Waals surface area contributed by atoms with E-state index in [1.807, 2.05) is 97.7 Å². The number of aromatic nitrogens is 4. The predicted octanol–water partition coefficient (Wildman–Crippen LogP) is 6.41. The fourth-order valence-electron chi connectivity index (χ4n) is 7.51. The summed E-state index contributed by atoms with van der Waals surface area (Å²) in [6, 6.07) is 21.0. The molecule has 2 aliphatic rings. The van der Waals surface area contributed by atoms with Crippen molar-refractivity contribution < 1.29 is 28.9 Å². The number of H-pyrrole nitrogens is 2. The molecule has 14 heteroatoms. The number of aliphatic imine (C=N–C) groups is 1. The van der Waals surface area contributed by atoms with Gasteiger partial charge in [-0.25, -0.2) is 19.8 Å². The van der Waals surface area contributed by atoms with Crippen molar-refractivity contribution in [2.24, 2.45) is 10.9 Å². The highest BCUT2D eigenvalue weighted by molar-refractivity contribution is 5.87. The lowest BCUT2D eigenvalue weighted by atomic mass is 10.0. The molecule has 0 bridgehead atoms. The van der Waals surface area contributed by atoms with Crippen molar-refractivity contribution in [1.82, 2.24) is 35.1 Å². The number of ether oxygens (including phenoxy) is 1. The van der Waals surface area contributed by atoms with Crippen molar-refractivity contribution >= 4 is 35.3 Å². The Morgan fingerprint density at radius 3 is 2.26 bits per heavy atom. The van der Waals surface area contributed by atoms with E-state index in [4.69, 9.17) is 19.6 Å². The van der Waals surface area contributed by atoms with Gasteiger partial charge in [0.25, 0.3) is 5.91 Å². The van der Waals surface area contributed by atoms with Crippen molar-refractivity contribution in [2.45, 2.75) is 63.7 Å². The largest absolute Gasteiger partial charge is 0.453 e. The number of imidazole rings is 2. The summed E-state index contributed by atoms with van der Waals surface area (Å²) in [6.45, 7) is 5.10. The molecule has 3 aromatic carbocycles. The molecule has 2 saturated heterocycles. The van der Waals surface area contributed by atoms with Crippen LogP contribution in [-0.2, 0) is 24.1 Å². The molecule has 5 aromatic rings. The van der Waals surface area contributed by atoms with Gasteiger partial charge in [-0.2, -0.15) is 4.89 Å². The van der Waals surface area contributed by atoms with Crippen LogP contribution in [0.3, 0.4) is 0 Å². The van der Waals surface area contributed by atoms with Crippen LogP contribution in [0.25, 0.3) is 22.3 Å². The Labute approximate surface area is 331 Å². The molecule has 3 amide bonds. The van der Waals surface area contributed by atoms with Gasteiger partial charge in [-0.1, -0.05) is 68.2 Å². The first-order chi connectivity index (χ1) is 27.7. The number of fused-ring (bicyclic) bond motifs is 1. The number of amides is 3. The van der Waals surface area contributed by atoms with Crippen molar-refractivity contribution in [2.75, 3.05) is 27.3 Å². The van der Waals surface area contributed by atoms with Crippen LogP contribution in [0, 0.1) is 17.8 Å². The average Bonchev–Trinajstić information content (AvgIpc) is 4.07. The van der Waals surface area contributed by atoms with Gasteiger partial charge in [-0.05, 0) is 67.5 Å². The van der Waals surface area contributed by atoms with E-state index in [1.165, 1.54) is 20.6 Å². The fourth-order valence-corrected chi connectivity index (χ4v) is 7.51. The molecule has 4 atom stereocenters. The van der Waals surface area contributed by atoms with E-state index in [9.17, 15) is 14.4 Å². The van der Waals surface area contributed by atoms with Crippen LogP contribution in [-0.4, -0.2) is 87.4 Å². The van der Waals surface area contributed by atoms with Gasteiger partial charge in [0.05, 0.1) is 43.0 Å². The molecule has 0 spiro atoms. The minimum Gasteiger partial charge on any atom is -0.453 e. The van der Waals surface area contributed by atoms with Crippen LogP contribution in [0.2, 0.25) is 0 Å². The van der Waals surface area contributed by atoms with Gasteiger partial charge >= 0.3 is 6.09 Å². The van der Waals surface area contributed by atoms with Gasteiger partial charge in [0.2, 0.25) is 12.3 Å². The zero-order chi connectivity index (χ0) is 39.9. The molecule has 4 heterocycles. The van der Waals surface area contributed by atoms with Crippen LogP contribution in [0.4, 0.5) is 4.79 Å². The van der Waals surface area contributed by atoms with Crippen molar-refractivity contribution in [3.05, 3.63) is 107 Å². The smallest absolute Gasteiger partial charge is 0.407 e. The van der Waals surface area contributed by atoms with E-state index in [2.05, 4.69) is 37.0 Å². The van der Waals surface area contributed by atoms with Gasteiger partial charge in [0.15, 0.2) is 0 Å². The summed E-state index contributed by atoms with van der Waals surface area (Å²) in [7, 11) is 2.67. The molecule has 3 N–H and O–H groups in total. The first-order valence-electron chi connectivity index (χ1n) is 19.1. The molecule has 57 heavy (non-hydrogen) atoms. The molecule has 7 rings (SSSR count). The average molecular weight is 771 g/mol. The van der Waals surface area contributed by atoms with Crippen LogP contribution in [0.1, 0.15) is 86.0 Å². The summed E-state index contributed by atoms with van der Waals surface area (Å²) >= 11 is 0. The number of rotatable bonds is 11. The van der Waals surface area contributed by atoms with Gasteiger partial charge in [-0.3, -0.25) is 9.59 Å². The Morgan fingerprint density at radius 2 is 1.56 bits per heavy atom. The number of likely N-dealkylation sites (tertiary alicyclic amines) is 2. The zero-order valence-corrected chi connectivity index (χ0v) is 32.4. The van der Waals surface area contributed by atoms with Gasteiger partial charge in [0, 0.05) is 36.0 Å². The topological polar surface area (TPSA) is 167 Å². The zero-order valence-electron chi connectivity index (χ0n) is 32.4. The third-order valence-corrected chi connectivity index (χ3v) is 10.4. The highest BCUT2D eigenvalue weighted by Gasteiger charge is 2.38. The Balaban J connectivity index is 1.02. The Morgan fingerprint density at radius 1 is 0.877 bits per heavy atom. The number of hydrogen-bond acceptors (Lipinski definition) is 9. The number of aromatic amines is 2. The fraction of sp³-hybridized carbons (Fsp3) is 0.349. The van der Waals surface area contributed by atoms with E-state index < -0.39 is 18.2 Å². The number of nitrogens with zero attached hydrogens (tertiary/aromatic N) is 5. The van der Waals surface area contributed by atoms with Gasteiger partial charge < -0.3 is 34.7 Å². The number of nitrogens with one attached hydrogen (secondary N) is 3. The molecule has 0 radical (unpaired) electrons. The van der Waals surface area contributed by atoms with E-state index in [-0.39, 0.29) is 29.8 Å². The molecule has 0 unspecified atom stereocenters. The lowest BCUT2D eigenvalue weighted by molar-refractivity contribution is -0.188. The highest BCUT2D eigenvalue weighted by Crippen LogP contribution is 2.35. The second-order valence-corrected chi connectivity index (χ2v) is 14.4. The van der Waals surface area contributed by atoms with E-state index in [1.54, 1.807) is 4.90 Å². The summed E-state index contributed by atoms with van der Waals surface area (Å²) in [5.74, 6) is 7.66. The van der Waals surface area contributed by atoms with Gasteiger partial charge in [-0.15, -0.1) is 0 Å². The van der Waals surface area contributed by atoms with Crippen LogP contribution < -0.4 is 5.32 Å². The normalized spacial score (nSPS) is 17.8.